The molecule has 1 saturated heterocycles. The van der Waals surface area contributed by atoms with Gasteiger partial charge in [0.15, 0.2) is 9.84 Å². The van der Waals surface area contributed by atoms with Gasteiger partial charge in [-0.1, -0.05) is 42.5 Å². The molecule has 2 aliphatic rings. The van der Waals surface area contributed by atoms with E-state index >= 15 is 0 Å². The van der Waals surface area contributed by atoms with Crippen molar-refractivity contribution in [1.29, 1.82) is 0 Å². The largest absolute Gasteiger partial charge is 0.349 e. The summed E-state index contributed by atoms with van der Waals surface area (Å²) < 4.78 is 66.8. The summed E-state index contributed by atoms with van der Waals surface area (Å²) in [5.74, 6) is -3.13. The first-order valence-electron chi connectivity index (χ1n) is 14.6. The van der Waals surface area contributed by atoms with Crippen LogP contribution in [-0.4, -0.2) is 44.0 Å². The third-order valence-electron chi connectivity index (χ3n) is 8.53. The molecule has 0 aromatic heterocycles. The Balaban J connectivity index is 1.13. The molecule has 1 aliphatic carbocycles. The molecule has 1 N–H and O–H groups in total. The standard InChI is InChI=1S/C33H37F3N2O3S/c1-23(26-9-13-30(34)14-10-26)37-32(39)28-7-5-24(6-8-28)21-42(40,41)31-15-11-27(12-16-31)29-4-2-3-25(19-29)20-38-18-17-33(35,36)22-38/h2-4,9-16,19,23-24,28H,5-8,17-18,20-22H2,1H3,(H,37,39). The van der Waals surface area contributed by atoms with Gasteiger partial charge < -0.3 is 5.32 Å². The van der Waals surface area contributed by atoms with Crippen molar-refractivity contribution in [3.05, 3.63) is 89.7 Å². The Morgan fingerprint density at radius 3 is 2.31 bits per heavy atom. The van der Waals surface area contributed by atoms with Gasteiger partial charge in [0.1, 0.15) is 5.82 Å². The van der Waals surface area contributed by atoms with Crippen molar-refractivity contribution >= 4 is 15.7 Å². The highest BCUT2D eigenvalue weighted by Gasteiger charge is 2.38. The minimum absolute atomic E-state index is 0.0112. The fraction of sp³-hybridized carbons (Fsp3) is 0.424. The Kier molecular flexibility index (Phi) is 9.08. The van der Waals surface area contributed by atoms with Crippen molar-refractivity contribution in [2.24, 2.45) is 11.8 Å². The van der Waals surface area contributed by atoms with Gasteiger partial charge in [-0.2, -0.15) is 0 Å². The normalized spacial score (nSPS) is 21.6. The summed E-state index contributed by atoms with van der Waals surface area (Å²) >= 11 is 0. The van der Waals surface area contributed by atoms with Gasteiger partial charge in [0.25, 0.3) is 5.92 Å². The number of nitrogens with zero attached hydrogens (tertiary/aromatic N) is 1. The summed E-state index contributed by atoms with van der Waals surface area (Å²) in [7, 11) is -3.50. The number of nitrogens with one attached hydrogen (secondary N) is 1. The molecule has 1 atom stereocenters. The van der Waals surface area contributed by atoms with Crippen molar-refractivity contribution in [3.63, 3.8) is 0 Å². The molecule has 3 aromatic carbocycles. The molecule has 1 heterocycles. The SMILES string of the molecule is CC(NC(=O)C1CCC(CS(=O)(=O)c2ccc(-c3cccc(CN4CCC(F)(F)C4)c3)cc2)CC1)c1ccc(F)cc1. The molecule has 1 amide bonds. The summed E-state index contributed by atoms with van der Waals surface area (Å²) in [6, 6.07) is 20.4. The van der Waals surface area contributed by atoms with E-state index in [0.717, 1.165) is 22.3 Å². The van der Waals surface area contributed by atoms with Crippen molar-refractivity contribution in [1.82, 2.24) is 10.2 Å². The summed E-state index contributed by atoms with van der Waals surface area (Å²) in [6.45, 7) is 2.46. The van der Waals surface area contributed by atoms with Crippen molar-refractivity contribution in [2.75, 3.05) is 18.8 Å². The van der Waals surface area contributed by atoms with Gasteiger partial charge in [0.2, 0.25) is 5.91 Å². The first-order chi connectivity index (χ1) is 20.0. The molecule has 5 nitrogen and oxygen atoms in total. The van der Waals surface area contributed by atoms with Crippen LogP contribution in [0.15, 0.2) is 77.7 Å². The number of alkyl halides is 2. The van der Waals surface area contributed by atoms with Crippen LogP contribution in [0.25, 0.3) is 11.1 Å². The van der Waals surface area contributed by atoms with Gasteiger partial charge in [0, 0.05) is 25.4 Å². The van der Waals surface area contributed by atoms with E-state index in [4.69, 9.17) is 0 Å². The molecule has 2 fully saturated rings. The van der Waals surface area contributed by atoms with Crippen LogP contribution in [0, 0.1) is 17.7 Å². The van der Waals surface area contributed by atoms with E-state index in [9.17, 15) is 26.4 Å². The zero-order valence-electron chi connectivity index (χ0n) is 23.7. The number of likely N-dealkylation sites (tertiary alicyclic amines) is 1. The van der Waals surface area contributed by atoms with Crippen LogP contribution in [0.4, 0.5) is 13.2 Å². The van der Waals surface area contributed by atoms with E-state index < -0.39 is 15.8 Å². The second kappa shape index (κ2) is 12.6. The summed E-state index contributed by atoms with van der Waals surface area (Å²) in [5, 5.41) is 3.01. The number of carbonyl (C=O) groups is 1. The van der Waals surface area contributed by atoms with Gasteiger partial charge in [-0.05, 0) is 91.1 Å². The van der Waals surface area contributed by atoms with Crippen molar-refractivity contribution in [2.45, 2.75) is 62.4 Å². The van der Waals surface area contributed by atoms with Crippen LogP contribution in [0.3, 0.4) is 0 Å². The fourth-order valence-electron chi connectivity index (χ4n) is 6.07. The van der Waals surface area contributed by atoms with Gasteiger partial charge in [-0.25, -0.2) is 21.6 Å². The van der Waals surface area contributed by atoms with Crippen LogP contribution in [0.2, 0.25) is 0 Å². The highest BCUT2D eigenvalue weighted by atomic mass is 32.2. The number of rotatable bonds is 9. The Hall–Kier alpha value is -3.17. The molecule has 9 heteroatoms. The molecule has 42 heavy (non-hydrogen) atoms. The van der Waals surface area contributed by atoms with Gasteiger partial charge in [-0.3, -0.25) is 9.69 Å². The molecule has 1 aliphatic heterocycles. The molecule has 0 bridgehead atoms. The van der Waals surface area contributed by atoms with Crippen LogP contribution in [-0.2, 0) is 21.2 Å². The minimum Gasteiger partial charge on any atom is -0.349 e. The molecule has 224 valence electrons. The van der Waals surface area contributed by atoms with Crippen molar-refractivity contribution < 1.29 is 26.4 Å². The van der Waals surface area contributed by atoms with E-state index in [2.05, 4.69) is 5.32 Å². The third kappa shape index (κ3) is 7.61. The van der Waals surface area contributed by atoms with E-state index in [0.29, 0.717) is 38.8 Å². The Morgan fingerprint density at radius 1 is 0.976 bits per heavy atom. The predicted molar refractivity (Wildman–Crippen MR) is 157 cm³/mol. The summed E-state index contributed by atoms with van der Waals surface area (Å²) in [6.07, 6.45) is 2.47. The van der Waals surface area contributed by atoms with Crippen LogP contribution in [0.5, 0.6) is 0 Å². The van der Waals surface area contributed by atoms with Crippen LogP contribution >= 0.6 is 0 Å². The number of halogens is 3. The summed E-state index contributed by atoms with van der Waals surface area (Å²) in [5.41, 5.74) is 3.55. The average molecular weight is 599 g/mol. The maximum absolute atomic E-state index is 13.6. The molecule has 5 rings (SSSR count). The molecular formula is C33H37F3N2O3S. The highest BCUT2D eigenvalue weighted by Crippen LogP contribution is 2.33. The number of amides is 1. The second-order valence-electron chi connectivity index (χ2n) is 11.8. The Bertz CT molecular complexity index is 1490. The number of hydrogen-bond acceptors (Lipinski definition) is 4. The molecule has 1 saturated carbocycles. The molecule has 0 spiro atoms. The van der Waals surface area contributed by atoms with Crippen molar-refractivity contribution in [3.8, 4) is 11.1 Å². The molecule has 3 aromatic rings. The third-order valence-corrected chi connectivity index (χ3v) is 10.4. The smallest absolute Gasteiger partial charge is 0.261 e. The number of benzene rings is 3. The molecular weight excluding hydrogens is 561 g/mol. The molecule has 1 unspecified atom stereocenters. The lowest BCUT2D eigenvalue weighted by Gasteiger charge is -2.28. The van der Waals surface area contributed by atoms with E-state index in [1.54, 1.807) is 41.3 Å². The van der Waals surface area contributed by atoms with Gasteiger partial charge >= 0.3 is 0 Å². The highest BCUT2D eigenvalue weighted by molar-refractivity contribution is 7.91. The summed E-state index contributed by atoms with van der Waals surface area (Å²) in [4.78, 5) is 14.8. The maximum atomic E-state index is 13.6. The molecule has 0 radical (unpaired) electrons. The maximum Gasteiger partial charge on any atom is 0.261 e. The fourth-order valence-corrected chi connectivity index (χ4v) is 7.77. The van der Waals surface area contributed by atoms with E-state index in [1.165, 1.54) is 12.1 Å². The number of sulfone groups is 1. The van der Waals surface area contributed by atoms with Crippen LogP contribution < -0.4 is 5.32 Å². The number of carbonyl (C=O) groups excluding carboxylic acids is 1. The minimum atomic E-state index is -3.50. The zero-order valence-corrected chi connectivity index (χ0v) is 24.6. The van der Waals surface area contributed by atoms with Gasteiger partial charge in [0.05, 0.1) is 23.2 Å². The Labute approximate surface area is 246 Å². The van der Waals surface area contributed by atoms with Crippen LogP contribution in [0.1, 0.15) is 56.2 Å². The number of hydrogen-bond donors (Lipinski definition) is 1. The van der Waals surface area contributed by atoms with Gasteiger partial charge in [-0.15, -0.1) is 0 Å². The zero-order chi connectivity index (χ0) is 29.9. The second-order valence-corrected chi connectivity index (χ2v) is 13.9. The van der Waals surface area contributed by atoms with E-state index in [1.807, 2.05) is 31.2 Å². The first-order valence-corrected chi connectivity index (χ1v) is 16.2. The quantitative estimate of drug-likeness (QED) is 0.295. The van der Waals surface area contributed by atoms with E-state index in [-0.39, 0.29) is 53.2 Å². The topological polar surface area (TPSA) is 66.5 Å². The monoisotopic (exact) mass is 598 g/mol. The lowest BCUT2D eigenvalue weighted by Crippen LogP contribution is -2.35. The lowest BCUT2D eigenvalue weighted by molar-refractivity contribution is -0.126. The average Bonchev–Trinajstić information content (AvgIpc) is 3.31. The lowest BCUT2D eigenvalue weighted by atomic mass is 9.82. The first kappa shape index (κ1) is 30.3. The Morgan fingerprint density at radius 2 is 1.67 bits per heavy atom. The predicted octanol–water partition coefficient (Wildman–Crippen LogP) is 6.79.